The molecule has 0 spiro atoms. The quantitative estimate of drug-likeness (QED) is 0.714. The van der Waals surface area contributed by atoms with E-state index in [-0.39, 0.29) is 12.6 Å². The van der Waals surface area contributed by atoms with Crippen LogP contribution in [0.2, 0.25) is 5.02 Å². The highest BCUT2D eigenvalue weighted by Crippen LogP contribution is 2.22. The topological polar surface area (TPSA) is 67.1 Å². The van der Waals surface area contributed by atoms with Crippen LogP contribution in [0.3, 0.4) is 0 Å². The van der Waals surface area contributed by atoms with Crippen molar-refractivity contribution in [2.45, 2.75) is 18.9 Å². The molecule has 0 aliphatic heterocycles. The van der Waals surface area contributed by atoms with Crippen molar-refractivity contribution < 1.29 is 4.79 Å². The maximum Gasteiger partial charge on any atom is 0.319 e. The van der Waals surface area contributed by atoms with Crippen LogP contribution < -0.4 is 16.4 Å². The van der Waals surface area contributed by atoms with Crippen molar-refractivity contribution >= 4 is 23.3 Å². The highest BCUT2D eigenvalue weighted by atomic mass is 35.5. The van der Waals surface area contributed by atoms with Crippen LogP contribution in [-0.2, 0) is 0 Å². The van der Waals surface area contributed by atoms with E-state index >= 15 is 0 Å². The van der Waals surface area contributed by atoms with E-state index in [0.29, 0.717) is 22.3 Å². The molecule has 2 rings (SSSR count). The Bertz CT molecular complexity index is 515. The summed E-state index contributed by atoms with van der Waals surface area (Å²) in [6, 6.07) is 5.25. The van der Waals surface area contributed by atoms with E-state index in [2.05, 4.69) is 22.5 Å². The van der Waals surface area contributed by atoms with Crippen LogP contribution in [0.25, 0.3) is 0 Å². The highest BCUT2D eigenvalue weighted by Gasteiger charge is 2.23. The van der Waals surface area contributed by atoms with Gasteiger partial charge in [-0.15, -0.1) is 0 Å². The van der Waals surface area contributed by atoms with E-state index in [9.17, 15) is 4.79 Å². The molecule has 0 heterocycles. The zero-order valence-corrected chi connectivity index (χ0v) is 10.6. The first kappa shape index (κ1) is 12.7. The van der Waals surface area contributed by atoms with Crippen LogP contribution >= 0.6 is 11.6 Å². The molecule has 1 fully saturated rings. The van der Waals surface area contributed by atoms with E-state index in [1.165, 1.54) is 0 Å². The molecule has 5 heteroatoms. The van der Waals surface area contributed by atoms with Gasteiger partial charge in [-0.25, -0.2) is 4.79 Å². The standard InChI is InChI=1S/C13H14ClN3O/c14-10-4-3-9(2-1-7-15)12(8-10)17-13(18)16-11-5-6-11/h3-4,8,11H,5-7,15H2,(H2,16,17,18). The van der Waals surface area contributed by atoms with Crippen LogP contribution in [-0.4, -0.2) is 18.6 Å². The molecule has 0 aromatic heterocycles. The summed E-state index contributed by atoms with van der Waals surface area (Å²) >= 11 is 5.91. The van der Waals surface area contributed by atoms with Gasteiger partial charge in [-0.05, 0) is 31.0 Å². The largest absolute Gasteiger partial charge is 0.335 e. The van der Waals surface area contributed by atoms with E-state index < -0.39 is 0 Å². The summed E-state index contributed by atoms with van der Waals surface area (Å²) < 4.78 is 0. The molecule has 0 atom stereocenters. The van der Waals surface area contributed by atoms with Gasteiger partial charge in [0.1, 0.15) is 0 Å². The third-order valence-corrected chi connectivity index (χ3v) is 2.70. The predicted molar refractivity (Wildman–Crippen MR) is 72.6 cm³/mol. The number of nitrogens with two attached hydrogens (primary N) is 1. The Kier molecular flexibility index (Phi) is 4.08. The minimum Gasteiger partial charge on any atom is -0.335 e. The number of carbonyl (C=O) groups excluding carboxylic acids is 1. The van der Waals surface area contributed by atoms with Crippen molar-refractivity contribution in [1.29, 1.82) is 0 Å². The first-order chi connectivity index (χ1) is 8.69. The lowest BCUT2D eigenvalue weighted by Crippen LogP contribution is -2.30. The minimum absolute atomic E-state index is 0.226. The molecule has 0 bridgehead atoms. The van der Waals surface area contributed by atoms with Crippen molar-refractivity contribution in [2.75, 3.05) is 11.9 Å². The van der Waals surface area contributed by atoms with Gasteiger partial charge in [-0.1, -0.05) is 23.4 Å². The number of hydrogen-bond acceptors (Lipinski definition) is 2. The van der Waals surface area contributed by atoms with Crippen LogP contribution in [0.4, 0.5) is 10.5 Å². The number of amides is 2. The Labute approximate surface area is 111 Å². The van der Waals surface area contributed by atoms with Gasteiger partial charge in [-0.2, -0.15) is 0 Å². The normalized spacial score (nSPS) is 13.4. The van der Waals surface area contributed by atoms with Crippen molar-refractivity contribution in [1.82, 2.24) is 5.32 Å². The molecule has 94 valence electrons. The maximum atomic E-state index is 11.7. The number of carbonyl (C=O) groups is 1. The van der Waals surface area contributed by atoms with Gasteiger partial charge >= 0.3 is 6.03 Å². The number of nitrogens with one attached hydrogen (secondary N) is 2. The van der Waals surface area contributed by atoms with Crippen LogP contribution in [0, 0.1) is 11.8 Å². The fourth-order valence-electron chi connectivity index (χ4n) is 1.45. The zero-order valence-electron chi connectivity index (χ0n) is 9.79. The molecule has 1 aliphatic carbocycles. The van der Waals surface area contributed by atoms with Crippen molar-refractivity contribution in [3.8, 4) is 11.8 Å². The maximum absolute atomic E-state index is 11.7. The van der Waals surface area contributed by atoms with Gasteiger partial charge in [0.05, 0.1) is 12.2 Å². The number of hydrogen-bond donors (Lipinski definition) is 3. The lowest BCUT2D eigenvalue weighted by Gasteiger charge is -2.09. The lowest BCUT2D eigenvalue weighted by molar-refractivity contribution is 0.251. The molecule has 1 aromatic carbocycles. The molecule has 18 heavy (non-hydrogen) atoms. The summed E-state index contributed by atoms with van der Waals surface area (Å²) in [6.45, 7) is 0.274. The highest BCUT2D eigenvalue weighted by molar-refractivity contribution is 6.31. The Morgan fingerprint density at radius 2 is 2.28 bits per heavy atom. The fourth-order valence-corrected chi connectivity index (χ4v) is 1.62. The molecule has 4 nitrogen and oxygen atoms in total. The molecule has 1 saturated carbocycles. The predicted octanol–water partition coefficient (Wildman–Crippen LogP) is 1.93. The van der Waals surface area contributed by atoms with Crippen molar-refractivity contribution in [3.05, 3.63) is 28.8 Å². The second-order valence-corrected chi connectivity index (χ2v) is 4.50. The average molecular weight is 264 g/mol. The van der Waals surface area contributed by atoms with Crippen molar-refractivity contribution in [2.24, 2.45) is 5.73 Å². The lowest BCUT2D eigenvalue weighted by atomic mass is 10.2. The van der Waals surface area contributed by atoms with E-state index in [1.54, 1.807) is 18.2 Å². The molecule has 0 unspecified atom stereocenters. The first-order valence-electron chi connectivity index (χ1n) is 5.75. The second kappa shape index (κ2) is 5.76. The van der Waals surface area contributed by atoms with Gasteiger partial charge in [0.15, 0.2) is 0 Å². The third-order valence-electron chi connectivity index (χ3n) is 2.47. The summed E-state index contributed by atoms with van der Waals surface area (Å²) in [5.74, 6) is 5.65. The smallest absolute Gasteiger partial charge is 0.319 e. The summed E-state index contributed by atoms with van der Waals surface area (Å²) in [4.78, 5) is 11.7. The number of urea groups is 1. The molecule has 2 amide bonds. The molecule has 1 aliphatic rings. The van der Waals surface area contributed by atoms with Gasteiger partial charge in [0.25, 0.3) is 0 Å². The Morgan fingerprint density at radius 3 is 2.94 bits per heavy atom. The summed E-state index contributed by atoms with van der Waals surface area (Å²) in [5.41, 5.74) is 6.64. The molecular weight excluding hydrogens is 250 g/mol. The number of anilines is 1. The molecule has 0 saturated heterocycles. The zero-order chi connectivity index (χ0) is 13.0. The van der Waals surface area contributed by atoms with E-state index in [1.807, 2.05) is 0 Å². The fraction of sp³-hybridized carbons (Fsp3) is 0.308. The summed E-state index contributed by atoms with van der Waals surface area (Å²) in [5, 5.41) is 6.14. The Balaban J connectivity index is 2.12. The molecule has 1 aromatic rings. The number of halogens is 1. The number of rotatable bonds is 2. The Hall–Kier alpha value is -1.70. The first-order valence-corrected chi connectivity index (χ1v) is 6.13. The minimum atomic E-state index is -0.226. The van der Waals surface area contributed by atoms with E-state index in [0.717, 1.165) is 12.8 Å². The summed E-state index contributed by atoms with van der Waals surface area (Å²) in [6.07, 6.45) is 2.09. The monoisotopic (exact) mass is 263 g/mol. The van der Waals surface area contributed by atoms with Crippen LogP contribution in [0.5, 0.6) is 0 Å². The molecule has 4 N–H and O–H groups in total. The third kappa shape index (κ3) is 3.66. The average Bonchev–Trinajstić information content (AvgIpc) is 3.12. The van der Waals surface area contributed by atoms with Gasteiger partial charge in [0, 0.05) is 16.6 Å². The second-order valence-electron chi connectivity index (χ2n) is 4.07. The molecular formula is C13H14ClN3O. The van der Waals surface area contributed by atoms with Crippen LogP contribution in [0.15, 0.2) is 18.2 Å². The van der Waals surface area contributed by atoms with Crippen LogP contribution in [0.1, 0.15) is 18.4 Å². The summed E-state index contributed by atoms with van der Waals surface area (Å²) in [7, 11) is 0. The Morgan fingerprint density at radius 1 is 1.50 bits per heavy atom. The number of benzene rings is 1. The van der Waals surface area contributed by atoms with Gasteiger partial charge in [-0.3, -0.25) is 0 Å². The van der Waals surface area contributed by atoms with E-state index in [4.69, 9.17) is 17.3 Å². The molecule has 0 radical (unpaired) electrons. The SMILES string of the molecule is NCC#Cc1ccc(Cl)cc1NC(=O)NC1CC1. The van der Waals surface area contributed by atoms with Gasteiger partial charge in [0.2, 0.25) is 0 Å². The van der Waals surface area contributed by atoms with Gasteiger partial charge < -0.3 is 16.4 Å². The van der Waals surface area contributed by atoms with Crippen molar-refractivity contribution in [3.63, 3.8) is 0 Å².